The summed E-state index contributed by atoms with van der Waals surface area (Å²) >= 11 is 1.52. The number of carboxylic acids is 1. The van der Waals surface area contributed by atoms with E-state index < -0.39 is 26.4 Å². The molecule has 0 saturated heterocycles. The summed E-state index contributed by atoms with van der Waals surface area (Å²) in [6, 6.07) is 12.8. The van der Waals surface area contributed by atoms with Gasteiger partial charge in [-0.15, -0.1) is 11.8 Å². The number of carbonyl (C=O) groups is 2. The van der Waals surface area contributed by atoms with Crippen LogP contribution in [0.5, 0.6) is 0 Å². The molecule has 0 aromatic heterocycles. The van der Waals surface area contributed by atoms with Crippen LogP contribution >= 0.6 is 11.8 Å². The van der Waals surface area contributed by atoms with Crippen LogP contribution in [-0.4, -0.2) is 44.3 Å². The molecule has 3 rings (SSSR count). The average molecular weight is 591 g/mol. The molecule has 2 aromatic carbocycles. The fraction of sp³-hybridized carbons (Fsp3) is 0.467. The van der Waals surface area contributed by atoms with Crippen LogP contribution in [0.3, 0.4) is 0 Å². The highest BCUT2D eigenvalue weighted by Gasteiger charge is 2.51. The van der Waals surface area contributed by atoms with Crippen molar-refractivity contribution in [1.82, 2.24) is 0 Å². The van der Waals surface area contributed by atoms with Crippen LogP contribution < -0.4 is 10.2 Å². The first-order valence-electron chi connectivity index (χ1n) is 13.5. The summed E-state index contributed by atoms with van der Waals surface area (Å²) < 4.78 is 32.6. The minimum absolute atomic E-state index is 0.0934. The van der Waals surface area contributed by atoms with Gasteiger partial charge in [0, 0.05) is 33.6 Å². The molecule has 0 fully saturated rings. The molecule has 2 aromatic rings. The van der Waals surface area contributed by atoms with Crippen LogP contribution in [0.4, 0.5) is 17.1 Å². The Labute approximate surface area is 242 Å². The summed E-state index contributed by atoms with van der Waals surface area (Å²) in [6.45, 7) is 10.1. The second-order valence-electron chi connectivity index (χ2n) is 11.5. The lowest BCUT2D eigenvalue weighted by atomic mass is 9.81. The third-order valence-corrected chi connectivity index (χ3v) is 10.9. The molecule has 1 heterocycles. The van der Waals surface area contributed by atoms with Gasteiger partial charge in [0.05, 0.1) is 22.4 Å². The van der Waals surface area contributed by atoms with Crippen molar-refractivity contribution >= 4 is 50.3 Å². The van der Waals surface area contributed by atoms with E-state index in [-0.39, 0.29) is 16.6 Å². The van der Waals surface area contributed by atoms with Gasteiger partial charge in [0.1, 0.15) is 15.9 Å². The Bertz CT molecular complexity index is 1330. The zero-order chi connectivity index (χ0) is 29.8. The monoisotopic (exact) mass is 590 g/mol. The summed E-state index contributed by atoms with van der Waals surface area (Å²) in [5, 5.41) is 12.1. The van der Waals surface area contributed by atoms with Crippen LogP contribution in [0.15, 0.2) is 64.6 Å². The summed E-state index contributed by atoms with van der Waals surface area (Å²) in [5.74, 6) is -1.52. The fourth-order valence-electron chi connectivity index (χ4n) is 4.91. The summed E-state index contributed by atoms with van der Waals surface area (Å²) in [5.41, 5.74) is 0.856. The minimum atomic E-state index is -5.04. The van der Waals surface area contributed by atoms with Crippen molar-refractivity contribution in [2.75, 3.05) is 28.8 Å². The van der Waals surface area contributed by atoms with Crippen molar-refractivity contribution in [2.24, 2.45) is 10.8 Å². The van der Waals surface area contributed by atoms with Gasteiger partial charge in [0.2, 0.25) is 5.91 Å². The molecule has 1 unspecified atom stereocenters. The zero-order valence-corrected chi connectivity index (χ0v) is 25.9. The molecule has 0 radical (unpaired) electrons. The fourth-order valence-corrected chi connectivity index (χ4v) is 8.40. The topological polar surface area (TPSA) is 116 Å². The number of aliphatic carboxylic acids is 1. The molecule has 0 bridgehead atoms. The van der Waals surface area contributed by atoms with Crippen molar-refractivity contribution in [2.45, 2.75) is 70.1 Å². The average Bonchev–Trinajstić information content (AvgIpc) is 2.98. The maximum absolute atomic E-state index is 14.8. The Hall–Kier alpha value is -2.82. The number of hydrogen-bond donors (Lipinski definition) is 3. The van der Waals surface area contributed by atoms with E-state index in [2.05, 4.69) is 17.1 Å². The van der Waals surface area contributed by atoms with Crippen LogP contribution in [0, 0.1) is 10.8 Å². The molecule has 1 amide bonds. The number of unbranched alkanes of at least 4 members (excludes halogenated alkanes) is 1. The molecule has 0 aliphatic carbocycles. The number of rotatable bonds is 10. The SMILES string of the molecule is CCCCC1(CC)CN(c2ccc(NC(=O)C(C)(C)C)cc2)c2cc(SC)ccc2S(=O)(O)(O/C=C/C(=O)O)C1. The van der Waals surface area contributed by atoms with Crippen molar-refractivity contribution < 1.29 is 27.6 Å². The number of anilines is 3. The number of carboxylic acid groups (broad SMARTS) is 1. The highest BCUT2D eigenvalue weighted by Crippen LogP contribution is 2.53. The third kappa shape index (κ3) is 7.08. The van der Waals surface area contributed by atoms with Gasteiger partial charge in [-0.2, -0.15) is 0 Å². The second-order valence-corrected chi connectivity index (χ2v) is 15.3. The lowest BCUT2D eigenvalue weighted by Gasteiger charge is -2.42. The summed E-state index contributed by atoms with van der Waals surface area (Å²) in [6.07, 6.45) is 6.60. The van der Waals surface area contributed by atoms with Crippen molar-refractivity contribution in [3.8, 4) is 0 Å². The molecular weight excluding hydrogens is 548 g/mol. The van der Waals surface area contributed by atoms with E-state index in [0.717, 1.165) is 35.8 Å². The maximum atomic E-state index is 14.8. The number of carbonyl (C=O) groups excluding carboxylic acids is 1. The Morgan fingerprint density at radius 2 is 1.85 bits per heavy atom. The number of amides is 1. The number of nitrogens with zero attached hydrogens (tertiary/aromatic N) is 1. The standard InChI is InChI=1S/C30H42N2O6S2/c1-7-9-17-30(8-2)20-32(23-12-10-22(11-13-23)31-28(35)29(3,4)5)25-19-24(39-6)14-15-26(25)40(36,37,21-30)38-18-16-27(33)34/h10-16,18-19H,7-9,17,20-21H2,1-6H3,(H,31,35)(H,33,34)(H,36,37)/b18-16+. The van der Waals surface area contributed by atoms with Crippen LogP contribution in [0.1, 0.15) is 60.3 Å². The quantitative estimate of drug-likeness (QED) is 0.150. The molecule has 220 valence electrons. The van der Waals surface area contributed by atoms with Gasteiger partial charge >= 0.3 is 5.97 Å². The summed E-state index contributed by atoms with van der Waals surface area (Å²) in [7, 11) is -5.04. The Morgan fingerprint density at radius 3 is 2.40 bits per heavy atom. The first-order chi connectivity index (χ1) is 18.6. The van der Waals surface area contributed by atoms with E-state index in [1.165, 1.54) is 11.8 Å². The highest BCUT2D eigenvalue weighted by atomic mass is 32.3. The predicted octanol–water partition coefficient (Wildman–Crippen LogP) is 7.31. The lowest BCUT2D eigenvalue weighted by Crippen LogP contribution is -2.46. The second kappa shape index (κ2) is 12.0. The first kappa shape index (κ1) is 31.7. The van der Waals surface area contributed by atoms with Gasteiger partial charge in [0.15, 0.2) is 0 Å². The zero-order valence-electron chi connectivity index (χ0n) is 24.2. The van der Waals surface area contributed by atoms with E-state index in [9.17, 15) is 18.4 Å². The number of nitrogens with one attached hydrogen (secondary N) is 1. The largest absolute Gasteiger partial charge is 0.478 e. The molecule has 3 N–H and O–H groups in total. The van der Waals surface area contributed by atoms with E-state index in [1.54, 1.807) is 12.1 Å². The predicted molar refractivity (Wildman–Crippen MR) is 164 cm³/mol. The number of benzene rings is 2. The van der Waals surface area contributed by atoms with Gasteiger partial charge in [-0.3, -0.25) is 9.35 Å². The molecule has 1 aliphatic rings. The van der Waals surface area contributed by atoms with E-state index >= 15 is 0 Å². The lowest BCUT2D eigenvalue weighted by molar-refractivity contribution is -0.131. The minimum Gasteiger partial charge on any atom is -0.478 e. The summed E-state index contributed by atoms with van der Waals surface area (Å²) in [4.78, 5) is 26.8. The first-order valence-corrected chi connectivity index (χ1v) is 16.8. The third-order valence-electron chi connectivity index (χ3n) is 7.34. The van der Waals surface area contributed by atoms with Crippen molar-refractivity contribution in [3.63, 3.8) is 0 Å². The van der Waals surface area contributed by atoms with Gasteiger partial charge in [-0.05, 0) is 61.6 Å². The van der Waals surface area contributed by atoms with E-state index in [4.69, 9.17) is 9.29 Å². The molecular formula is C30H42N2O6S2. The van der Waals surface area contributed by atoms with Gasteiger partial charge in [0.25, 0.3) is 0 Å². The molecule has 1 atom stereocenters. The normalized spacial score (nSPS) is 21.1. The number of hydrogen-bond acceptors (Lipinski definition) is 6. The van der Waals surface area contributed by atoms with Crippen LogP contribution in [0.25, 0.3) is 0 Å². The molecule has 40 heavy (non-hydrogen) atoms. The molecule has 8 nitrogen and oxygen atoms in total. The Morgan fingerprint density at radius 1 is 1.18 bits per heavy atom. The molecule has 10 heteroatoms. The van der Waals surface area contributed by atoms with E-state index in [1.807, 2.05) is 64.3 Å². The maximum Gasteiger partial charge on any atom is 0.331 e. The van der Waals surface area contributed by atoms with Crippen molar-refractivity contribution in [1.29, 1.82) is 0 Å². The Balaban J connectivity index is 2.22. The Kier molecular flexibility index (Phi) is 9.48. The molecule has 0 saturated carbocycles. The van der Waals surface area contributed by atoms with Gasteiger partial charge in [-0.1, -0.05) is 47.5 Å². The van der Waals surface area contributed by atoms with E-state index in [0.29, 0.717) is 30.8 Å². The highest BCUT2D eigenvalue weighted by molar-refractivity contribution is 8.11. The smallest absolute Gasteiger partial charge is 0.331 e. The van der Waals surface area contributed by atoms with Crippen LogP contribution in [-0.2, 0) is 23.4 Å². The number of thioether (sulfide) groups is 1. The number of fused-ring (bicyclic) bond motifs is 1. The van der Waals surface area contributed by atoms with Gasteiger partial charge < -0.3 is 19.5 Å². The molecule has 0 spiro atoms. The van der Waals surface area contributed by atoms with Crippen LogP contribution in [0.2, 0.25) is 0 Å². The molecule has 1 aliphatic heterocycles. The van der Waals surface area contributed by atoms with Crippen molar-refractivity contribution in [3.05, 3.63) is 54.8 Å². The van der Waals surface area contributed by atoms with Gasteiger partial charge in [-0.25, -0.2) is 9.00 Å².